The van der Waals surface area contributed by atoms with E-state index in [4.69, 9.17) is 6.42 Å². The Morgan fingerprint density at radius 3 is 2.16 bits per heavy atom. The van der Waals surface area contributed by atoms with Gasteiger partial charge in [0.2, 0.25) is 0 Å². The van der Waals surface area contributed by atoms with Crippen LogP contribution in [0.4, 0.5) is 0 Å². The second kappa shape index (κ2) is 7.15. The van der Waals surface area contributed by atoms with Crippen molar-refractivity contribution < 1.29 is 0 Å². The molecular formula is C18H33N. The molecule has 1 unspecified atom stereocenters. The van der Waals surface area contributed by atoms with Gasteiger partial charge in [0.25, 0.3) is 0 Å². The van der Waals surface area contributed by atoms with Crippen LogP contribution in [0.2, 0.25) is 0 Å². The van der Waals surface area contributed by atoms with Gasteiger partial charge in [0.15, 0.2) is 0 Å². The van der Waals surface area contributed by atoms with Gasteiger partial charge in [-0.3, -0.25) is 4.90 Å². The van der Waals surface area contributed by atoms with Gasteiger partial charge in [-0.05, 0) is 50.6 Å². The largest absolute Gasteiger partial charge is 0.298 e. The Kier molecular flexibility index (Phi) is 6.87. The smallest absolute Gasteiger partial charge is 0.0201 e. The van der Waals surface area contributed by atoms with Crippen LogP contribution in [0.3, 0.4) is 0 Å². The lowest BCUT2D eigenvalue weighted by atomic mass is 9.74. The lowest BCUT2D eigenvalue weighted by molar-refractivity contribution is 0.0161. The van der Waals surface area contributed by atoms with Crippen molar-refractivity contribution in [2.75, 3.05) is 13.1 Å². The summed E-state index contributed by atoms with van der Waals surface area (Å²) in [4.78, 5) is 2.59. The van der Waals surface area contributed by atoms with Gasteiger partial charge in [-0.2, -0.15) is 0 Å². The van der Waals surface area contributed by atoms with Crippen molar-refractivity contribution in [1.82, 2.24) is 4.90 Å². The molecule has 110 valence electrons. The summed E-state index contributed by atoms with van der Waals surface area (Å²) in [5, 5.41) is 0. The normalized spacial score (nSPS) is 15.5. The number of hydrogen-bond donors (Lipinski definition) is 0. The van der Waals surface area contributed by atoms with Crippen LogP contribution >= 0.6 is 0 Å². The van der Waals surface area contributed by atoms with E-state index in [-0.39, 0.29) is 11.0 Å². The summed E-state index contributed by atoms with van der Waals surface area (Å²) in [5.74, 6) is 3.32. The molecule has 1 nitrogen and oxygen atoms in total. The van der Waals surface area contributed by atoms with Gasteiger partial charge < -0.3 is 0 Å². The number of rotatable bonds is 6. The zero-order valence-corrected chi connectivity index (χ0v) is 14.3. The lowest BCUT2D eigenvalue weighted by Crippen LogP contribution is -2.54. The highest BCUT2D eigenvalue weighted by Gasteiger charge is 2.37. The van der Waals surface area contributed by atoms with E-state index in [0.717, 1.165) is 25.1 Å². The maximum atomic E-state index is 5.38. The van der Waals surface area contributed by atoms with Gasteiger partial charge in [-0.15, -0.1) is 6.42 Å². The maximum Gasteiger partial charge on any atom is 0.0201 e. The quantitative estimate of drug-likeness (QED) is 0.626. The summed E-state index contributed by atoms with van der Waals surface area (Å²) in [6.07, 6.45) is 8.63. The molecule has 0 spiro atoms. The predicted molar refractivity (Wildman–Crippen MR) is 87.2 cm³/mol. The number of allylic oxidation sites excluding steroid dienone is 2. The molecule has 0 rings (SSSR count). The molecule has 19 heavy (non-hydrogen) atoms. The minimum absolute atomic E-state index is 0.195. The Hall–Kier alpha value is -0.740. The Labute approximate surface area is 121 Å². The van der Waals surface area contributed by atoms with Gasteiger partial charge in [0.1, 0.15) is 0 Å². The molecule has 0 saturated heterocycles. The average molecular weight is 263 g/mol. The van der Waals surface area contributed by atoms with Crippen LogP contribution in [0.5, 0.6) is 0 Å². The minimum atomic E-state index is 0.195. The lowest BCUT2D eigenvalue weighted by Gasteiger charge is -2.48. The fourth-order valence-corrected chi connectivity index (χ4v) is 2.11. The second-order valence-corrected chi connectivity index (χ2v) is 7.22. The summed E-state index contributed by atoms with van der Waals surface area (Å²) in [6.45, 7) is 20.4. The van der Waals surface area contributed by atoms with Crippen molar-refractivity contribution in [3.63, 3.8) is 0 Å². The van der Waals surface area contributed by atoms with E-state index < -0.39 is 0 Å². The summed E-state index contributed by atoms with van der Waals surface area (Å²) in [5.41, 5.74) is 1.51. The first-order valence-corrected chi connectivity index (χ1v) is 7.44. The standard InChI is InChI=1S/C18H33N/c1-10-15(3)12-13-16(4)14-19(11-2)18(8,9)17(5,6)7/h1,12,16H,11,13-14H2,2-9H3/b15-12-. The van der Waals surface area contributed by atoms with Crippen LogP contribution in [0.25, 0.3) is 0 Å². The fraction of sp³-hybridized carbons (Fsp3) is 0.778. The molecule has 0 aliphatic rings. The van der Waals surface area contributed by atoms with E-state index in [1.54, 1.807) is 0 Å². The summed E-state index contributed by atoms with van der Waals surface area (Å²) < 4.78 is 0. The van der Waals surface area contributed by atoms with Crippen LogP contribution < -0.4 is 0 Å². The molecule has 1 heteroatoms. The monoisotopic (exact) mass is 263 g/mol. The Morgan fingerprint density at radius 2 is 1.79 bits per heavy atom. The highest BCUT2D eigenvalue weighted by Crippen LogP contribution is 2.35. The van der Waals surface area contributed by atoms with Crippen LogP contribution in [0.1, 0.15) is 61.8 Å². The van der Waals surface area contributed by atoms with Gasteiger partial charge in [0, 0.05) is 12.1 Å². The van der Waals surface area contributed by atoms with Crippen LogP contribution in [0.15, 0.2) is 11.6 Å². The van der Waals surface area contributed by atoms with E-state index in [1.807, 2.05) is 6.92 Å². The van der Waals surface area contributed by atoms with Crippen molar-refractivity contribution in [2.24, 2.45) is 11.3 Å². The molecule has 0 aromatic carbocycles. The second-order valence-electron chi connectivity index (χ2n) is 7.22. The van der Waals surface area contributed by atoms with Gasteiger partial charge >= 0.3 is 0 Å². The third-order valence-electron chi connectivity index (χ3n) is 4.59. The van der Waals surface area contributed by atoms with Gasteiger partial charge in [-0.1, -0.05) is 46.6 Å². The molecule has 0 bridgehead atoms. The third-order valence-corrected chi connectivity index (χ3v) is 4.59. The molecule has 0 radical (unpaired) electrons. The molecule has 0 aliphatic heterocycles. The minimum Gasteiger partial charge on any atom is -0.298 e. The highest BCUT2D eigenvalue weighted by molar-refractivity contribution is 5.22. The van der Waals surface area contributed by atoms with E-state index in [0.29, 0.717) is 5.92 Å². The third kappa shape index (κ3) is 5.41. The molecule has 0 aliphatic carbocycles. The molecule has 0 heterocycles. The molecule has 0 fully saturated rings. The van der Waals surface area contributed by atoms with Crippen molar-refractivity contribution >= 4 is 0 Å². The van der Waals surface area contributed by atoms with E-state index in [9.17, 15) is 0 Å². The van der Waals surface area contributed by atoms with Crippen molar-refractivity contribution in [3.05, 3.63) is 11.6 Å². The van der Waals surface area contributed by atoms with Crippen LogP contribution in [0, 0.1) is 23.7 Å². The van der Waals surface area contributed by atoms with Crippen molar-refractivity contribution in [3.8, 4) is 12.3 Å². The molecule has 0 N–H and O–H groups in total. The molecular weight excluding hydrogens is 230 g/mol. The molecule has 0 aromatic heterocycles. The summed E-state index contributed by atoms with van der Waals surface area (Å²) >= 11 is 0. The Bertz CT molecular complexity index is 336. The maximum absolute atomic E-state index is 5.38. The Balaban J connectivity index is 4.71. The van der Waals surface area contributed by atoms with Crippen molar-refractivity contribution in [1.29, 1.82) is 0 Å². The first-order chi connectivity index (χ1) is 8.56. The summed E-state index contributed by atoms with van der Waals surface area (Å²) in [7, 11) is 0. The first kappa shape index (κ1) is 18.3. The van der Waals surface area contributed by atoms with Crippen LogP contribution in [-0.4, -0.2) is 23.5 Å². The Morgan fingerprint density at radius 1 is 1.26 bits per heavy atom. The topological polar surface area (TPSA) is 3.24 Å². The zero-order chi connectivity index (χ0) is 15.3. The molecule has 0 aromatic rings. The summed E-state index contributed by atoms with van der Waals surface area (Å²) in [6, 6.07) is 0. The fourth-order valence-electron chi connectivity index (χ4n) is 2.11. The highest BCUT2D eigenvalue weighted by atomic mass is 15.2. The SMILES string of the molecule is C#C/C(C)=C\CC(C)CN(CC)C(C)(C)C(C)(C)C. The zero-order valence-electron chi connectivity index (χ0n) is 14.3. The predicted octanol–water partition coefficient (Wildman–Crippen LogP) is 4.74. The number of hydrogen-bond acceptors (Lipinski definition) is 1. The number of terminal acetylenes is 1. The first-order valence-electron chi connectivity index (χ1n) is 7.44. The van der Waals surface area contributed by atoms with E-state index in [1.165, 1.54) is 0 Å². The van der Waals surface area contributed by atoms with Gasteiger partial charge in [-0.25, -0.2) is 0 Å². The average Bonchev–Trinajstić information content (AvgIpc) is 2.31. The van der Waals surface area contributed by atoms with E-state index in [2.05, 4.69) is 65.4 Å². The molecule has 0 saturated carbocycles. The van der Waals surface area contributed by atoms with Crippen LogP contribution in [-0.2, 0) is 0 Å². The van der Waals surface area contributed by atoms with Gasteiger partial charge in [0.05, 0.1) is 0 Å². The van der Waals surface area contributed by atoms with Crippen molar-refractivity contribution in [2.45, 2.75) is 67.3 Å². The molecule has 0 amide bonds. The van der Waals surface area contributed by atoms with E-state index >= 15 is 0 Å². The number of nitrogens with zero attached hydrogens (tertiary/aromatic N) is 1. The molecule has 1 atom stereocenters.